The van der Waals surface area contributed by atoms with Crippen molar-refractivity contribution in [2.45, 2.75) is 12.6 Å². The van der Waals surface area contributed by atoms with Crippen LogP contribution in [0, 0.1) is 12.3 Å². The maximum Gasteiger partial charge on any atom is 0.162 e. The molecular formula is C14H16FNO2S. The molecule has 0 fully saturated rings. The van der Waals surface area contributed by atoms with Gasteiger partial charge in [0.2, 0.25) is 0 Å². The fourth-order valence-electron chi connectivity index (χ4n) is 1.53. The summed E-state index contributed by atoms with van der Waals surface area (Å²) in [6.07, 6.45) is 4.09. The number of ether oxygens (including phenoxy) is 2. The summed E-state index contributed by atoms with van der Waals surface area (Å²) in [5.41, 5.74) is 0.773. The topological polar surface area (TPSA) is 30.5 Å². The van der Waals surface area contributed by atoms with Gasteiger partial charge in [0.25, 0.3) is 0 Å². The molecule has 0 aliphatic heterocycles. The van der Waals surface area contributed by atoms with E-state index in [2.05, 4.69) is 11.2 Å². The molecule has 1 N–H and O–H groups in total. The van der Waals surface area contributed by atoms with Gasteiger partial charge in [0.05, 0.1) is 7.11 Å². The van der Waals surface area contributed by atoms with Gasteiger partial charge in [-0.1, -0.05) is 24.2 Å². The van der Waals surface area contributed by atoms with E-state index in [0.717, 1.165) is 5.56 Å². The van der Waals surface area contributed by atoms with Crippen LogP contribution in [0.2, 0.25) is 0 Å². The van der Waals surface area contributed by atoms with Crippen LogP contribution in [-0.2, 0) is 6.42 Å². The van der Waals surface area contributed by atoms with Gasteiger partial charge in [-0.3, -0.25) is 0 Å². The van der Waals surface area contributed by atoms with E-state index in [1.54, 1.807) is 25.2 Å². The second-order valence-electron chi connectivity index (χ2n) is 3.76. The van der Waals surface area contributed by atoms with Crippen molar-refractivity contribution < 1.29 is 13.9 Å². The lowest BCUT2D eigenvalue weighted by Gasteiger charge is -2.13. The van der Waals surface area contributed by atoms with Gasteiger partial charge in [-0.25, -0.2) is 4.39 Å². The van der Waals surface area contributed by atoms with Gasteiger partial charge < -0.3 is 14.8 Å². The van der Waals surface area contributed by atoms with E-state index < -0.39 is 6.17 Å². The Kier molecular flexibility index (Phi) is 6.10. The van der Waals surface area contributed by atoms with E-state index in [1.807, 2.05) is 0 Å². The molecule has 0 aliphatic carbocycles. The van der Waals surface area contributed by atoms with Gasteiger partial charge in [-0.05, 0) is 17.7 Å². The van der Waals surface area contributed by atoms with Crippen LogP contribution in [0.25, 0.3) is 0 Å². The van der Waals surface area contributed by atoms with Crippen molar-refractivity contribution in [1.82, 2.24) is 5.32 Å². The molecule has 1 atom stereocenters. The molecule has 0 spiro atoms. The molecule has 19 heavy (non-hydrogen) atoms. The Hall–Kier alpha value is -1.80. The highest BCUT2D eigenvalue weighted by molar-refractivity contribution is 7.80. The van der Waals surface area contributed by atoms with E-state index >= 15 is 0 Å². The Balaban J connectivity index is 2.82. The average molecular weight is 281 g/mol. The van der Waals surface area contributed by atoms with Crippen LogP contribution >= 0.6 is 12.2 Å². The van der Waals surface area contributed by atoms with Crippen molar-refractivity contribution in [1.29, 1.82) is 0 Å². The molecule has 0 radical (unpaired) electrons. The molecule has 0 heterocycles. The number of rotatable bonds is 6. The summed E-state index contributed by atoms with van der Waals surface area (Å²) in [5, 5.41) is 2.63. The number of halogens is 1. The highest BCUT2D eigenvalue weighted by Gasteiger charge is 2.14. The predicted octanol–water partition coefficient (Wildman–Crippen LogP) is 2.13. The minimum Gasteiger partial charge on any atom is -0.493 e. The molecule has 5 heteroatoms. The molecule has 1 unspecified atom stereocenters. The largest absolute Gasteiger partial charge is 0.493 e. The zero-order valence-electron chi connectivity index (χ0n) is 10.9. The van der Waals surface area contributed by atoms with Crippen LogP contribution in [0.15, 0.2) is 18.2 Å². The summed E-state index contributed by atoms with van der Waals surface area (Å²) in [4.78, 5) is 0.187. The summed E-state index contributed by atoms with van der Waals surface area (Å²) in [6, 6.07) is 5.19. The summed E-state index contributed by atoms with van der Waals surface area (Å²) in [5.74, 6) is 3.43. The highest BCUT2D eigenvalue weighted by atomic mass is 32.1. The zero-order valence-corrected chi connectivity index (χ0v) is 11.7. The number of hydrogen-bond donors (Lipinski definition) is 1. The molecule has 1 aromatic rings. The lowest BCUT2D eigenvalue weighted by molar-refractivity contribution is 0.330. The number of nitrogens with one attached hydrogen (secondary N) is 1. The molecule has 1 rings (SSSR count). The van der Waals surface area contributed by atoms with Gasteiger partial charge in [-0.15, -0.1) is 6.42 Å². The molecule has 0 aromatic heterocycles. The standard InChI is InChI=1S/C14H16FNO2S/c1-4-7-18-12-6-5-10(9-13(12)17-3)8-11(15)14(19)16-2/h1,5-6,9,11H,7-8H2,2-3H3,(H,16,19). The SMILES string of the molecule is C#CCOc1ccc(CC(F)C(=S)NC)cc1OC. The highest BCUT2D eigenvalue weighted by Crippen LogP contribution is 2.28. The Morgan fingerprint density at radius 2 is 2.26 bits per heavy atom. The Bertz CT molecular complexity index is 485. The van der Waals surface area contributed by atoms with E-state index in [9.17, 15) is 4.39 Å². The predicted molar refractivity (Wildman–Crippen MR) is 77.6 cm³/mol. The van der Waals surface area contributed by atoms with Gasteiger partial charge in [0, 0.05) is 13.5 Å². The van der Waals surface area contributed by atoms with Crippen molar-refractivity contribution in [3.8, 4) is 23.8 Å². The number of alkyl halides is 1. The van der Waals surface area contributed by atoms with Crippen molar-refractivity contribution in [3.05, 3.63) is 23.8 Å². The van der Waals surface area contributed by atoms with Crippen LogP contribution < -0.4 is 14.8 Å². The van der Waals surface area contributed by atoms with Gasteiger partial charge >= 0.3 is 0 Å². The van der Waals surface area contributed by atoms with Crippen LogP contribution in [-0.4, -0.2) is 31.9 Å². The second kappa shape index (κ2) is 7.59. The molecular weight excluding hydrogens is 265 g/mol. The van der Waals surface area contributed by atoms with E-state index in [0.29, 0.717) is 11.5 Å². The lowest BCUT2D eigenvalue weighted by atomic mass is 10.1. The third-order valence-corrected chi connectivity index (χ3v) is 2.94. The summed E-state index contributed by atoms with van der Waals surface area (Å²) >= 11 is 4.86. The van der Waals surface area contributed by atoms with Crippen LogP contribution in [0.4, 0.5) is 4.39 Å². The van der Waals surface area contributed by atoms with Gasteiger partial charge in [0.1, 0.15) is 11.6 Å². The van der Waals surface area contributed by atoms with Crippen molar-refractivity contribution in [2.75, 3.05) is 20.8 Å². The molecule has 0 amide bonds. The maximum absolute atomic E-state index is 13.7. The van der Waals surface area contributed by atoms with Gasteiger partial charge in [-0.2, -0.15) is 0 Å². The second-order valence-corrected chi connectivity index (χ2v) is 4.20. The Morgan fingerprint density at radius 3 is 2.84 bits per heavy atom. The third kappa shape index (κ3) is 4.42. The van der Waals surface area contributed by atoms with E-state index in [1.165, 1.54) is 7.11 Å². The quantitative estimate of drug-likeness (QED) is 0.639. The fourth-order valence-corrected chi connectivity index (χ4v) is 1.62. The van der Waals surface area contributed by atoms with Crippen LogP contribution in [0.1, 0.15) is 5.56 Å². The average Bonchev–Trinajstić information content (AvgIpc) is 2.44. The summed E-state index contributed by atoms with van der Waals surface area (Å²) in [7, 11) is 3.12. The van der Waals surface area contributed by atoms with Crippen LogP contribution in [0.5, 0.6) is 11.5 Å². The first kappa shape index (κ1) is 15.3. The van der Waals surface area contributed by atoms with Crippen molar-refractivity contribution >= 4 is 17.2 Å². The molecule has 1 aromatic carbocycles. The Morgan fingerprint density at radius 1 is 1.53 bits per heavy atom. The first-order valence-corrected chi connectivity index (χ1v) is 6.12. The molecule has 0 saturated heterocycles. The molecule has 102 valence electrons. The monoisotopic (exact) mass is 281 g/mol. The summed E-state index contributed by atoms with van der Waals surface area (Å²) < 4.78 is 24.2. The third-order valence-electron chi connectivity index (χ3n) is 2.48. The Labute approximate surface area is 118 Å². The zero-order chi connectivity index (χ0) is 14.3. The number of methoxy groups -OCH3 is 1. The van der Waals surface area contributed by atoms with E-state index in [-0.39, 0.29) is 18.0 Å². The minimum absolute atomic E-state index is 0.158. The number of terminal acetylenes is 1. The maximum atomic E-state index is 13.7. The normalized spacial score (nSPS) is 11.3. The number of hydrogen-bond acceptors (Lipinski definition) is 3. The molecule has 3 nitrogen and oxygen atoms in total. The van der Waals surface area contributed by atoms with E-state index in [4.69, 9.17) is 28.1 Å². The fraction of sp³-hybridized carbons (Fsp3) is 0.357. The first-order chi connectivity index (χ1) is 9.12. The first-order valence-electron chi connectivity index (χ1n) is 5.71. The van der Waals surface area contributed by atoms with Crippen molar-refractivity contribution in [3.63, 3.8) is 0 Å². The number of benzene rings is 1. The summed E-state index contributed by atoms with van der Waals surface area (Å²) in [6.45, 7) is 0.158. The molecule has 0 bridgehead atoms. The smallest absolute Gasteiger partial charge is 0.162 e. The van der Waals surface area contributed by atoms with Gasteiger partial charge in [0.15, 0.2) is 17.7 Å². The lowest BCUT2D eigenvalue weighted by Crippen LogP contribution is -2.28. The molecule has 0 saturated carbocycles. The number of thiocarbonyl (C=S) groups is 1. The van der Waals surface area contributed by atoms with Crippen LogP contribution in [0.3, 0.4) is 0 Å². The van der Waals surface area contributed by atoms with Crippen molar-refractivity contribution in [2.24, 2.45) is 0 Å². The minimum atomic E-state index is -1.22. The molecule has 0 aliphatic rings.